The van der Waals surface area contributed by atoms with E-state index in [2.05, 4.69) is 19.9 Å². The van der Waals surface area contributed by atoms with Crippen LogP contribution >= 0.6 is 12.2 Å². The summed E-state index contributed by atoms with van der Waals surface area (Å²) < 4.78 is 5.95. The molecule has 0 atom stereocenters. The van der Waals surface area contributed by atoms with Gasteiger partial charge in [0.25, 0.3) is 0 Å². The number of H-pyrrole nitrogens is 1. The smallest absolute Gasteiger partial charge is 0.195 e. The van der Waals surface area contributed by atoms with Gasteiger partial charge in [-0.15, -0.1) is 0 Å². The van der Waals surface area contributed by atoms with E-state index in [-0.39, 0.29) is 0 Å². The Labute approximate surface area is 109 Å². The summed E-state index contributed by atoms with van der Waals surface area (Å²) in [5, 5.41) is 0. The van der Waals surface area contributed by atoms with Crippen LogP contribution in [0.3, 0.4) is 0 Å². The standard InChI is InChI=1S/C12H12N4OS/c1-7-4-13-10(14-5-7)11-15-9-2-3-17-6-8(9)12(18)16-11/h4-5H,2-3,6H2,1H3,(H,15,16,18). The Morgan fingerprint density at radius 3 is 2.89 bits per heavy atom. The molecule has 1 aliphatic heterocycles. The van der Waals surface area contributed by atoms with Crippen molar-refractivity contribution in [3.05, 3.63) is 33.9 Å². The average molecular weight is 260 g/mol. The first-order chi connectivity index (χ1) is 8.74. The van der Waals surface area contributed by atoms with Crippen LogP contribution in [0.25, 0.3) is 11.6 Å². The molecule has 0 fully saturated rings. The van der Waals surface area contributed by atoms with Crippen LogP contribution < -0.4 is 0 Å². The third-order valence-electron chi connectivity index (χ3n) is 2.84. The van der Waals surface area contributed by atoms with E-state index in [9.17, 15) is 0 Å². The molecule has 2 aromatic rings. The van der Waals surface area contributed by atoms with Crippen molar-refractivity contribution in [2.75, 3.05) is 6.61 Å². The van der Waals surface area contributed by atoms with Crippen LogP contribution in [-0.4, -0.2) is 26.5 Å². The minimum atomic E-state index is 0.534. The van der Waals surface area contributed by atoms with E-state index in [1.54, 1.807) is 12.4 Å². The van der Waals surface area contributed by atoms with Crippen LogP contribution in [0.4, 0.5) is 0 Å². The lowest BCUT2D eigenvalue weighted by Crippen LogP contribution is -2.14. The Balaban J connectivity index is 2.11. The quantitative estimate of drug-likeness (QED) is 0.794. The lowest BCUT2D eigenvalue weighted by molar-refractivity contribution is 0.108. The summed E-state index contributed by atoms with van der Waals surface area (Å²) in [6.45, 7) is 3.19. The van der Waals surface area contributed by atoms with Crippen molar-refractivity contribution >= 4 is 12.2 Å². The van der Waals surface area contributed by atoms with Crippen molar-refractivity contribution in [1.82, 2.24) is 19.9 Å². The normalized spacial score (nSPS) is 14.3. The van der Waals surface area contributed by atoms with Crippen molar-refractivity contribution in [2.24, 2.45) is 0 Å². The van der Waals surface area contributed by atoms with Crippen molar-refractivity contribution in [1.29, 1.82) is 0 Å². The van der Waals surface area contributed by atoms with Crippen LogP contribution in [-0.2, 0) is 17.8 Å². The summed E-state index contributed by atoms with van der Waals surface area (Å²) >= 11 is 5.29. The Morgan fingerprint density at radius 1 is 1.33 bits per heavy atom. The third kappa shape index (κ3) is 2.04. The Hall–Kier alpha value is -1.66. The fourth-order valence-corrected chi connectivity index (χ4v) is 2.15. The SMILES string of the molecule is Cc1cnc(-c2nc(=S)c3c([nH]2)CCOC3)nc1. The summed E-state index contributed by atoms with van der Waals surface area (Å²) in [4.78, 5) is 16.1. The Bertz CT molecular complexity index is 636. The first-order valence-electron chi connectivity index (χ1n) is 5.73. The first-order valence-corrected chi connectivity index (χ1v) is 6.14. The number of rotatable bonds is 1. The minimum absolute atomic E-state index is 0.534. The van der Waals surface area contributed by atoms with Gasteiger partial charge in [-0.25, -0.2) is 15.0 Å². The molecule has 1 N–H and O–H groups in total. The summed E-state index contributed by atoms with van der Waals surface area (Å²) in [7, 11) is 0. The van der Waals surface area contributed by atoms with Crippen LogP contribution in [0.15, 0.2) is 12.4 Å². The van der Waals surface area contributed by atoms with Gasteiger partial charge in [0, 0.05) is 30.1 Å². The molecule has 0 amide bonds. The number of nitrogens with one attached hydrogen (secondary N) is 1. The molecule has 0 spiro atoms. The molecule has 2 aromatic heterocycles. The Morgan fingerprint density at radius 2 is 2.11 bits per heavy atom. The molecule has 3 heterocycles. The average Bonchev–Trinajstić information content (AvgIpc) is 2.39. The van der Waals surface area contributed by atoms with Gasteiger partial charge in [-0.1, -0.05) is 12.2 Å². The lowest BCUT2D eigenvalue weighted by atomic mass is 10.1. The second-order valence-electron chi connectivity index (χ2n) is 4.23. The van der Waals surface area contributed by atoms with Gasteiger partial charge < -0.3 is 9.72 Å². The van der Waals surface area contributed by atoms with E-state index >= 15 is 0 Å². The molecular weight excluding hydrogens is 248 g/mol. The summed E-state index contributed by atoms with van der Waals surface area (Å²) in [5.74, 6) is 1.20. The zero-order valence-electron chi connectivity index (χ0n) is 9.93. The van der Waals surface area contributed by atoms with Gasteiger partial charge in [0.1, 0.15) is 4.64 Å². The molecule has 0 unspecified atom stereocenters. The molecule has 0 radical (unpaired) electrons. The fourth-order valence-electron chi connectivity index (χ4n) is 1.88. The number of hydrogen-bond acceptors (Lipinski definition) is 5. The van der Waals surface area contributed by atoms with Crippen molar-refractivity contribution in [3.8, 4) is 11.6 Å². The third-order valence-corrected chi connectivity index (χ3v) is 3.18. The van der Waals surface area contributed by atoms with Crippen molar-refractivity contribution in [3.63, 3.8) is 0 Å². The molecule has 5 nitrogen and oxygen atoms in total. The molecule has 0 saturated carbocycles. The maximum Gasteiger partial charge on any atom is 0.195 e. The van der Waals surface area contributed by atoms with E-state index in [1.165, 1.54) is 0 Å². The molecule has 92 valence electrons. The highest BCUT2D eigenvalue weighted by Crippen LogP contribution is 2.18. The van der Waals surface area contributed by atoms with Crippen LogP contribution in [0.1, 0.15) is 16.8 Å². The summed E-state index contributed by atoms with van der Waals surface area (Å²) in [5.41, 5.74) is 3.08. The zero-order chi connectivity index (χ0) is 12.5. The zero-order valence-corrected chi connectivity index (χ0v) is 10.8. The van der Waals surface area contributed by atoms with Crippen LogP contribution in [0, 0.1) is 11.6 Å². The van der Waals surface area contributed by atoms with E-state index in [0.717, 1.165) is 23.2 Å². The van der Waals surface area contributed by atoms with Gasteiger partial charge in [0.2, 0.25) is 0 Å². The van der Waals surface area contributed by atoms with Gasteiger partial charge >= 0.3 is 0 Å². The second-order valence-corrected chi connectivity index (χ2v) is 4.62. The molecule has 18 heavy (non-hydrogen) atoms. The van der Waals surface area contributed by atoms with E-state index in [4.69, 9.17) is 17.0 Å². The predicted molar refractivity (Wildman–Crippen MR) is 68.5 cm³/mol. The minimum Gasteiger partial charge on any atom is -0.376 e. The first kappa shape index (κ1) is 11.4. The lowest BCUT2D eigenvalue weighted by Gasteiger charge is -2.16. The topological polar surface area (TPSA) is 63.7 Å². The molecule has 0 aliphatic carbocycles. The van der Waals surface area contributed by atoms with Gasteiger partial charge in [0.05, 0.1) is 13.2 Å². The second kappa shape index (κ2) is 4.55. The van der Waals surface area contributed by atoms with E-state index in [0.29, 0.717) is 29.5 Å². The number of fused-ring (bicyclic) bond motifs is 1. The predicted octanol–water partition coefficient (Wildman–Crippen LogP) is 1.98. The highest BCUT2D eigenvalue weighted by Gasteiger charge is 2.15. The molecule has 3 rings (SSSR count). The number of nitrogens with zero attached hydrogens (tertiary/aromatic N) is 3. The molecular formula is C12H12N4OS. The number of aromatic amines is 1. The molecule has 6 heteroatoms. The molecule has 1 aliphatic rings. The maximum absolute atomic E-state index is 5.38. The van der Waals surface area contributed by atoms with Crippen LogP contribution in [0.2, 0.25) is 0 Å². The van der Waals surface area contributed by atoms with Gasteiger partial charge in [-0.05, 0) is 12.5 Å². The highest BCUT2D eigenvalue weighted by atomic mass is 32.1. The number of aryl methyl sites for hydroxylation is 1. The fraction of sp³-hybridized carbons (Fsp3) is 0.333. The van der Waals surface area contributed by atoms with E-state index < -0.39 is 0 Å². The van der Waals surface area contributed by atoms with Gasteiger partial charge in [-0.3, -0.25) is 0 Å². The molecule has 0 aromatic carbocycles. The Kier molecular flexibility index (Phi) is 2.89. The number of ether oxygens (including phenoxy) is 1. The molecule has 0 bridgehead atoms. The summed E-state index contributed by atoms with van der Waals surface area (Å²) in [6.07, 6.45) is 4.35. The van der Waals surface area contributed by atoms with Crippen LogP contribution in [0.5, 0.6) is 0 Å². The summed E-state index contributed by atoms with van der Waals surface area (Å²) in [6, 6.07) is 0. The van der Waals surface area contributed by atoms with E-state index in [1.807, 2.05) is 6.92 Å². The molecule has 0 saturated heterocycles. The number of hydrogen-bond donors (Lipinski definition) is 1. The van der Waals surface area contributed by atoms with Gasteiger partial charge in [0.15, 0.2) is 11.6 Å². The maximum atomic E-state index is 5.38. The number of aromatic nitrogens is 4. The largest absolute Gasteiger partial charge is 0.376 e. The highest BCUT2D eigenvalue weighted by molar-refractivity contribution is 7.71. The van der Waals surface area contributed by atoms with Gasteiger partial charge in [-0.2, -0.15) is 0 Å². The monoisotopic (exact) mass is 260 g/mol. The van der Waals surface area contributed by atoms with Crippen molar-refractivity contribution in [2.45, 2.75) is 20.0 Å². The van der Waals surface area contributed by atoms with Crippen molar-refractivity contribution < 1.29 is 4.74 Å².